The highest BCUT2D eigenvalue weighted by molar-refractivity contribution is 6.01. The minimum atomic E-state index is -0.396. The zero-order valence-corrected chi connectivity index (χ0v) is 34.6. The summed E-state index contributed by atoms with van der Waals surface area (Å²) < 4.78 is 1.78. The fourth-order valence-corrected chi connectivity index (χ4v) is 9.85. The first-order valence-corrected chi connectivity index (χ1v) is 21.8. The largest absolute Gasteiger partial charge is 0.395 e. The predicted octanol–water partition coefficient (Wildman–Crippen LogP) is 5.87. The van der Waals surface area contributed by atoms with Gasteiger partial charge in [0.15, 0.2) is 0 Å². The van der Waals surface area contributed by atoms with Crippen molar-refractivity contribution in [2.45, 2.75) is 75.2 Å². The number of piperidine rings is 2. The number of imide groups is 1. The molecule has 9 rings (SSSR count). The zero-order chi connectivity index (χ0) is 41.9. The Morgan fingerprint density at radius 2 is 1.61 bits per heavy atom. The summed E-state index contributed by atoms with van der Waals surface area (Å²) in [7, 11) is 0. The van der Waals surface area contributed by atoms with Gasteiger partial charge in [-0.1, -0.05) is 49.6 Å². The van der Waals surface area contributed by atoms with E-state index in [4.69, 9.17) is 4.98 Å². The Morgan fingerprint density at radius 3 is 2.28 bits per heavy atom. The SMILES string of the molecule is N#Cc1cnn2cc(-c3ccc(N4CCN(C(=O)CN5CCC(c6ccc(NC7CCC(=O)NC7=O)cc6)CC5)CC4)cc3)cc(-c3ccc(C4(CO)CCCCC4)nc3)c12. The number of fused-ring (bicyclic) bond motifs is 1. The highest BCUT2D eigenvalue weighted by Gasteiger charge is 2.35. The van der Waals surface area contributed by atoms with Gasteiger partial charge in [0.1, 0.15) is 12.1 Å². The maximum atomic E-state index is 13.4. The van der Waals surface area contributed by atoms with Crippen LogP contribution in [0.1, 0.15) is 80.5 Å². The van der Waals surface area contributed by atoms with E-state index < -0.39 is 6.04 Å². The number of nitriles is 1. The van der Waals surface area contributed by atoms with E-state index in [2.05, 4.69) is 80.1 Å². The fourth-order valence-electron chi connectivity index (χ4n) is 9.85. The van der Waals surface area contributed by atoms with Crippen molar-refractivity contribution in [1.82, 2.24) is 29.7 Å². The molecule has 0 bridgehead atoms. The topological polar surface area (TPSA) is 159 Å². The third kappa shape index (κ3) is 8.47. The first-order valence-electron chi connectivity index (χ1n) is 21.8. The molecule has 314 valence electrons. The molecule has 13 nitrogen and oxygen atoms in total. The number of nitrogens with one attached hydrogen (secondary N) is 2. The van der Waals surface area contributed by atoms with Gasteiger partial charge in [-0.3, -0.25) is 29.6 Å². The minimum absolute atomic E-state index is 0.0974. The maximum absolute atomic E-state index is 13.4. The van der Waals surface area contributed by atoms with E-state index in [-0.39, 0.29) is 29.7 Å². The number of likely N-dealkylation sites (tertiary alicyclic amines) is 1. The van der Waals surface area contributed by atoms with Crippen LogP contribution in [0.2, 0.25) is 0 Å². The van der Waals surface area contributed by atoms with Gasteiger partial charge in [-0.05, 0) is 98.6 Å². The van der Waals surface area contributed by atoms with Gasteiger partial charge < -0.3 is 20.2 Å². The number of nitrogens with zero attached hydrogens (tertiary/aromatic N) is 7. The Labute approximate surface area is 356 Å². The Balaban J connectivity index is 0.785. The van der Waals surface area contributed by atoms with E-state index in [1.54, 1.807) is 10.7 Å². The second-order valence-electron chi connectivity index (χ2n) is 17.3. The smallest absolute Gasteiger partial charge is 0.249 e. The molecule has 61 heavy (non-hydrogen) atoms. The normalized spacial score (nSPS) is 20.0. The van der Waals surface area contributed by atoms with Crippen LogP contribution < -0.4 is 15.5 Å². The molecular weight excluding hydrogens is 767 g/mol. The molecule has 3 aliphatic heterocycles. The number of benzene rings is 2. The van der Waals surface area contributed by atoms with E-state index in [1.807, 2.05) is 35.5 Å². The molecule has 3 saturated heterocycles. The lowest BCUT2D eigenvalue weighted by Gasteiger charge is -2.38. The van der Waals surface area contributed by atoms with E-state index in [1.165, 1.54) is 12.0 Å². The number of hydrogen-bond acceptors (Lipinski definition) is 10. The summed E-state index contributed by atoms with van der Waals surface area (Å²) in [5.74, 6) is 0.131. The summed E-state index contributed by atoms with van der Waals surface area (Å²) in [5.41, 5.74) is 8.94. The molecule has 3 aromatic heterocycles. The van der Waals surface area contributed by atoms with Crippen LogP contribution in [0.25, 0.3) is 27.8 Å². The summed E-state index contributed by atoms with van der Waals surface area (Å²) in [6, 6.07) is 24.9. The number of hydrogen-bond donors (Lipinski definition) is 3. The molecule has 13 heteroatoms. The molecule has 1 atom stereocenters. The Hall–Kier alpha value is -6.10. The molecule has 4 fully saturated rings. The monoisotopic (exact) mass is 819 g/mol. The van der Waals surface area contributed by atoms with Crippen LogP contribution in [-0.4, -0.2) is 106 Å². The van der Waals surface area contributed by atoms with Crippen LogP contribution in [-0.2, 0) is 19.8 Å². The zero-order valence-electron chi connectivity index (χ0n) is 34.6. The molecular formula is C48H53N9O4. The van der Waals surface area contributed by atoms with E-state index in [0.717, 1.165) is 110 Å². The number of rotatable bonds is 10. The fraction of sp³-hybridized carbons (Fsp3) is 0.417. The first-order chi connectivity index (χ1) is 29.8. The number of piperazine rings is 1. The number of anilines is 2. The second kappa shape index (κ2) is 17.5. The van der Waals surface area contributed by atoms with Gasteiger partial charge in [0.05, 0.1) is 30.4 Å². The van der Waals surface area contributed by atoms with Crippen LogP contribution in [0.5, 0.6) is 0 Å². The summed E-state index contributed by atoms with van der Waals surface area (Å²) >= 11 is 0. The molecule has 6 heterocycles. The average molecular weight is 820 g/mol. The Morgan fingerprint density at radius 1 is 0.869 bits per heavy atom. The van der Waals surface area contributed by atoms with Crippen molar-refractivity contribution >= 4 is 34.6 Å². The minimum Gasteiger partial charge on any atom is -0.395 e. The lowest BCUT2D eigenvalue weighted by molar-refractivity contribution is -0.134. The van der Waals surface area contributed by atoms with Gasteiger partial charge in [-0.15, -0.1) is 0 Å². The van der Waals surface area contributed by atoms with Crippen LogP contribution in [0.15, 0.2) is 85.3 Å². The summed E-state index contributed by atoms with van der Waals surface area (Å²) in [6.45, 7) is 5.19. The van der Waals surface area contributed by atoms with Crippen molar-refractivity contribution < 1.29 is 19.5 Å². The van der Waals surface area contributed by atoms with Crippen molar-refractivity contribution in [3.63, 3.8) is 0 Å². The van der Waals surface area contributed by atoms with Crippen LogP contribution in [0.4, 0.5) is 11.4 Å². The summed E-state index contributed by atoms with van der Waals surface area (Å²) in [4.78, 5) is 48.6. The lowest BCUT2D eigenvalue weighted by Crippen LogP contribution is -2.51. The van der Waals surface area contributed by atoms with Gasteiger partial charge in [-0.2, -0.15) is 10.4 Å². The average Bonchev–Trinajstić information content (AvgIpc) is 3.74. The van der Waals surface area contributed by atoms with Gasteiger partial charge in [0.2, 0.25) is 17.7 Å². The Kier molecular flexibility index (Phi) is 11.6. The molecule has 1 saturated carbocycles. The third-order valence-corrected chi connectivity index (χ3v) is 13.6. The Bertz CT molecular complexity index is 2420. The number of aliphatic hydroxyl groups excluding tert-OH is 1. The second-order valence-corrected chi connectivity index (χ2v) is 17.3. The molecule has 5 aromatic rings. The number of amides is 3. The van der Waals surface area contributed by atoms with Gasteiger partial charge in [0.25, 0.3) is 0 Å². The third-order valence-electron chi connectivity index (χ3n) is 13.6. The lowest BCUT2D eigenvalue weighted by atomic mass is 9.72. The molecule has 1 aliphatic carbocycles. The number of carbonyl (C=O) groups is 3. The number of aromatic nitrogens is 3. The number of aliphatic hydroxyl groups is 1. The standard InChI is InChI=1S/C48H53N9O4/c49-27-38-29-51-57-30-37(26-41(46(38)57)36-8-14-43(50-28-36)48(32-58)18-2-1-3-19-48)34-6-11-40(12-7-34)55-22-24-56(25-23-55)45(60)31-54-20-16-35(17-21-54)33-4-9-39(10-5-33)52-42-13-15-44(59)53-47(42)61/h4-12,14,26,28-30,35,42,52,58H,1-3,13,15-25,31-32H2,(H,53,59,61). The van der Waals surface area contributed by atoms with Crippen LogP contribution in [0.3, 0.4) is 0 Å². The molecule has 1 unspecified atom stereocenters. The van der Waals surface area contributed by atoms with Gasteiger partial charge in [0, 0.05) is 84.2 Å². The molecule has 2 aromatic carbocycles. The van der Waals surface area contributed by atoms with Crippen molar-refractivity contribution in [2.75, 3.05) is 62.6 Å². The van der Waals surface area contributed by atoms with E-state index >= 15 is 0 Å². The molecule has 3 N–H and O–H groups in total. The van der Waals surface area contributed by atoms with Gasteiger partial charge in [-0.25, -0.2) is 4.52 Å². The number of pyridine rings is 2. The van der Waals surface area contributed by atoms with Crippen molar-refractivity contribution in [3.8, 4) is 28.3 Å². The highest BCUT2D eigenvalue weighted by Crippen LogP contribution is 2.40. The highest BCUT2D eigenvalue weighted by atomic mass is 16.3. The van der Waals surface area contributed by atoms with Crippen molar-refractivity contribution in [1.29, 1.82) is 5.26 Å². The van der Waals surface area contributed by atoms with Crippen molar-refractivity contribution in [2.24, 2.45) is 0 Å². The number of carbonyl (C=O) groups excluding carboxylic acids is 3. The predicted molar refractivity (Wildman–Crippen MR) is 234 cm³/mol. The summed E-state index contributed by atoms with van der Waals surface area (Å²) in [6.07, 6.45) is 13.5. The van der Waals surface area contributed by atoms with E-state index in [9.17, 15) is 24.8 Å². The van der Waals surface area contributed by atoms with Crippen LogP contribution in [0, 0.1) is 11.3 Å². The van der Waals surface area contributed by atoms with Gasteiger partial charge >= 0.3 is 0 Å². The molecule has 4 aliphatic rings. The maximum Gasteiger partial charge on any atom is 0.249 e. The quantitative estimate of drug-likeness (QED) is 0.146. The molecule has 0 spiro atoms. The van der Waals surface area contributed by atoms with Crippen LogP contribution >= 0.6 is 0 Å². The molecule has 3 amide bonds. The van der Waals surface area contributed by atoms with E-state index in [0.29, 0.717) is 44.0 Å². The first kappa shape index (κ1) is 40.3. The summed E-state index contributed by atoms with van der Waals surface area (Å²) in [5, 5.41) is 30.5. The molecule has 0 radical (unpaired) electrons. The van der Waals surface area contributed by atoms with Crippen molar-refractivity contribution in [3.05, 3.63) is 102 Å².